The van der Waals surface area contributed by atoms with E-state index in [0.717, 1.165) is 0 Å². The van der Waals surface area contributed by atoms with Crippen molar-refractivity contribution in [3.05, 3.63) is 54.4 Å². The van der Waals surface area contributed by atoms with Gasteiger partial charge in [0.25, 0.3) is 0 Å². The van der Waals surface area contributed by atoms with E-state index in [9.17, 15) is 4.79 Å². The first-order chi connectivity index (χ1) is 9.25. The topological polar surface area (TPSA) is 74.4 Å². The number of ether oxygens (including phenoxy) is 2. The number of carbonyl (C=O) groups is 1. The normalized spacial score (nSPS) is 9.89. The molecule has 0 aliphatic heterocycles. The van der Waals surface area contributed by atoms with E-state index in [1.165, 1.54) is 6.20 Å². The van der Waals surface area contributed by atoms with Crippen LogP contribution >= 0.6 is 0 Å². The molecular formula is C14H14N2O3. The molecule has 5 nitrogen and oxygen atoms in total. The predicted octanol–water partition coefficient (Wildman–Crippen LogP) is 1.90. The second-order valence-corrected chi connectivity index (χ2v) is 3.80. The summed E-state index contributed by atoms with van der Waals surface area (Å²) in [6, 6.07) is 10.3. The smallest absolute Gasteiger partial charge is 0.339 e. The highest BCUT2D eigenvalue weighted by atomic mass is 16.6. The largest absolute Gasteiger partial charge is 0.490 e. The maximum absolute atomic E-state index is 11.6. The van der Waals surface area contributed by atoms with E-state index < -0.39 is 5.97 Å². The van der Waals surface area contributed by atoms with Crippen molar-refractivity contribution < 1.29 is 14.3 Å². The molecule has 1 heterocycles. The third-order valence-corrected chi connectivity index (χ3v) is 2.36. The molecule has 98 valence electrons. The molecule has 0 amide bonds. The Morgan fingerprint density at radius 3 is 2.63 bits per heavy atom. The molecule has 0 saturated carbocycles. The molecule has 1 aromatic heterocycles. The Morgan fingerprint density at radius 1 is 1.16 bits per heavy atom. The van der Waals surface area contributed by atoms with E-state index in [4.69, 9.17) is 15.2 Å². The molecule has 0 fully saturated rings. The monoisotopic (exact) mass is 258 g/mol. The van der Waals surface area contributed by atoms with Crippen molar-refractivity contribution in [2.45, 2.75) is 0 Å². The zero-order valence-corrected chi connectivity index (χ0v) is 10.3. The van der Waals surface area contributed by atoms with Crippen molar-refractivity contribution in [2.24, 2.45) is 0 Å². The third-order valence-electron chi connectivity index (χ3n) is 2.36. The molecule has 0 bridgehead atoms. The molecule has 2 aromatic rings. The van der Waals surface area contributed by atoms with Crippen LogP contribution in [0, 0.1) is 0 Å². The zero-order chi connectivity index (χ0) is 13.5. The molecule has 19 heavy (non-hydrogen) atoms. The maximum atomic E-state index is 11.6. The highest BCUT2D eigenvalue weighted by Gasteiger charge is 2.05. The fourth-order valence-electron chi connectivity index (χ4n) is 1.42. The molecule has 0 spiro atoms. The van der Waals surface area contributed by atoms with E-state index in [1.807, 2.05) is 0 Å². The Kier molecular flexibility index (Phi) is 4.34. The van der Waals surface area contributed by atoms with Crippen molar-refractivity contribution in [3.63, 3.8) is 0 Å². The van der Waals surface area contributed by atoms with Gasteiger partial charge >= 0.3 is 5.97 Å². The maximum Gasteiger partial charge on any atom is 0.339 e. The number of carbonyl (C=O) groups excluding carboxylic acids is 1. The van der Waals surface area contributed by atoms with E-state index >= 15 is 0 Å². The van der Waals surface area contributed by atoms with E-state index in [-0.39, 0.29) is 13.2 Å². The summed E-state index contributed by atoms with van der Waals surface area (Å²) in [5.74, 6) is 0.278. The van der Waals surface area contributed by atoms with Gasteiger partial charge in [0.15, 0.2) is 0 Å². The molecule has 0 unspecified atom stereocenters. The highest BCUT2D eigenvalue weighted by molar-refractivity contribution is 5.88. The van der Waals surface area contributed by atoms with Crippen LogP contribution in [0.25, 0.3) is 0 Å². The summed E-state index contributed by atoms with van der Waals surface area (Å²) in [5, 5.41) is 0. The summed E-state index contributed by atoms with van der Waals surface area (Å²) >= 11 is 0. The van der Waals surface area contributed by atoms with Gasteiger partial charge in [-0.3, -0.25) is 4.98 Å². The standard InChI is InChI=1S/C14H14N2O3/c15-12-3-5-13(6-4-12)18-8-9-19-14(17)11-2-1-7-16-10-11/h1-7,10H,8-9,15H2. The zero-order valence-electron chi connectivity index (χ0n) is 10.3. The van der Waals surface area contributed by atoms with E-state index in [1.54, 1.807) is 42.6 Å². The van der Waals surface area contributed by atoms with Crippen LogP contribution in [-0.4, -0.2) is 24.2 Å². The average molecular weight is 258 g/mol. The van der Waals surface area contributed by atoms with Crippen molar-refractivity contribution >= 4 is 11.7 Å². The molecule has 0 atom stereocenters. The van der Waals surface area contributed by atoms with Crippen LogP contribution in [0.1, 0.15) is 10.4 Å². The summed E-state index contributed by atoms with van der Waals surface area (Å²) < 4.78 is 10.4. The SMILES string of the molecule is Nc1ccc(OCCOC(=O)c2cccnc2)cc1. The van der Waals surface area contributed by atoms with E-state index in [0.29, 0.717) is 17.0 Å². The minimum Gasteiger partial charge on any atom is -0.490 e. The lowest BCUT2D eigenvalue weighted by molar-refractivity contribution is 0.0450. The number of esters is 1. The number of nitrogens with two attached hydrogens (primary N) is 1. The molecule has 0 aliphatic carbocycles. The van der Waals surface area contributed by atoms with Gasteiger partial charge in [-0.25, -0.2) is 4.79 Å². The third kappa shape index (κ3) is 3.99. The molecule has 2 N–H and O–H groups in total. The fraction of sp³-hybridized carbons (Fsp3) is 0.143. The lowest BCUT2D eigenvalue weighted by Crippen LogP contribution is -2.12. The van der Waals surface area contributed by atoms with Gasteiger partial charge in [0.05, 0.1) is 5.56 Å². The summed E-state index contributed by atoms with van der Waals surface area (Å²) in [6.07, 6.45) is 3.06. The molecule has 5 heteroatoms. The quantitative estimate of drug-likeness (QED) is 0.503. The van der Waals surface area contributed by atoms with E-state index in [2.05, 4.69) is 4.98 Å². The molecule has 0 saturated heterocycles. The minimum atomic E-state index is -0.408. The Balaban J connectivity index is 1.72. The van der Waals surface area contributed by atoms with Crippen molar-refractivity contribution in [1.82, 2.24) is 4.98 Å². The molecule has 2 rings (SSSR count). The predicted molar refractivity (Wildman–Crippen MR) is 70.9 cm³/mol. The first-order valence-electron chi connectivity index (χ1n) is 5.81. The van der Waals surface area contributed by atoms with Crippen molar-refractivity contribution in [3.8, 4) is 5.75 Å². The Labute approximate surface area is 111 Å². The number of hydrogen-bond donors (Lipinski definition) is 1. The average Bonchev–Trinajstić information content (AvgIpc) is 2.46. The Bertz CT molecular complexity index is 526. The van der Waals surface area contributed by atoms with Crippen molar-refractivity contribution in [2.75, 3.05) is 18.9 Å². The van der Waals surface area contributed by atoms with Crippen LogP contribution in [0.4, 0.5) is 5.69 Å². The van der Waals surface area contributed by atoms with Gasteiger partial charge in [0.1, 0.15) is 19.0 Å². The van der Waals surface area contributed by atoms with Crippen molar-refractivity contribution in [1.29, 1.82) is 0 Å². The number of pyridine rings is 1. The highest BCUT2D eigenvalue weighted by Crippen LogP contribution is 2.12. The summed E-state index contributed by atoms with van der Waals surface area (Å²) in [7, 11) is 0. The number of anilines is 1. The minimum absolute atomic E-state index is 0.179. The number of rotatable bonds is 5. The summed E-state index contributed by atoms with van der Waals surface area (Å²) in [6.45, 7) is 0.466. The Morgan fingerprint density at radius 2 is 1.95 bits per heavy atom. The van der Waals surface area contributed by atoms with Crippen LogP contribution in [0.5, 0.6) is 5.75 Å². The number of hydrogen-bond acceptors (Lipinski definition) is 5. The van der Waals surface area contributed by atoms with Crippen LogP contribution in [0.2, 0.25) is 0 Å². The first kappa shape index (κ1) is 12.9. The first-order valence-corrected chi connectivity index (χ1v) is 5.81. The van der Waals surface area contributed by atoms with Gasteiger partial charge < -0.3 is 15.2 Å². The number of aromatic nitrogens is 1. The Hall–Kier alpha value is -2.56. The lowest BCUT2D eigenvalue weighted by atomic mass is 10.3. The van der Waals surface area contributed by atoms with Gasteiger partial charge in [-0.15, -0.1) is 0 Å². The molecule has 0 radical (unpaired) electrons. The van der Waals surface area contributed by atoms with Crippen LogP contribution in [-0.2, 0) is 4.74 Å². The lowest BCUT2D eigenvalue weighted by Gasteiger charge is -2.07. The van der Waals surface area contributed by atoms with Crippen LogP contribution in [0.15, 0.2) is 48.8 Å². The second-order valence-electron chi connectivity index (χ2n) is 3.80. The van der Waals surface area contributed by atoms with Gasteiger partial charge in [0.2, 0.25) is 0 Å². The van der Waals surface area contributed by atoms with Gasteiger partial charge in [-0.05, 0) is 36.4 Å². The van der Waals surface area contributed by atoms with Crippen LogP contribution in [0.3, 0.4) is 0 Å². The number of nitrogens with zero attached hydrogens (tertiary/aromatic N) is 1. The van der Waals surface area contributed by atoms with Gasteiger partial charge in [-0.1, -0.05) is 0 Å². The molecule has 1 aromatic carbocycles. The number of benzene rings is 1. The summed E-state index contributed by atoms with van der Waals surface area (Å²) in [5.41, 5.74) is 6.66. The second kappa shape index (κ2) is 6.39. The number of nitrogen functional groups attached to an aromatic ring is 1. The van der Waals surface area contributed by atoms with Gasteiger partial charge in [-0.2, -0.15) is 0 Å². The van der Waals surface area contributed by atoms with Crippen LogP contribution < -0.4 is 10.5 Å². The molecule has 0 aliphatic rings. The molecular weight excluding hydrogens is 244 g/mol. The van der Waals surface area contributed by atoms with Gasteiger partial charge in [0, 0.05) is 18.1 Å². The summed E-state index contributed by atoms with van der Waals surface area (Å²) in [4.78, 5) is 15.4. The fourth-order valence-corrected chi connectivity index (χ4v) is 1.42.